The van der Waals surface area contributed by atoms with Gasteiger partial charge in [0.1, 0.15) is 0 Å². The highest BCUT2D eigenvalue weighted by atomic mass is 16.5. The summed E-state index contributed by atoms with van der Waals surface area (Å²) in [6.45, 7) is 3.85. The summed E-state index contributed by atoms with van der Waals surface area (Å²) in [5, 5.41) is 2.89. The molecule has 0 heterocycles. The number of esters is 1. The average molecular weight is 419 g/mol. The minimum Gasteiger partial charge on any atom is -0.493 e. The van der Waals surface area contributed by atoms with Crippen LogP contribution in [0.15, 0.2) is 66.7 Å². The van der Waals surface area contributed by atoms with Crippen LogP contribution >= 0.6 is 0 Å². The van der Waals surface area contributed by atoms with Crippen LogP contribution in [0.3, 0.4) is 0 Å². The Morgan fingerprint density at radius 1 is 0.839 bits per heavy atom. The van der Waals surface area contributed by atoms with Gasteiger partial charge in [-0.15, -0.1) is 0 Å². The van der Waals surface area contributed by atoms with Gasteiger partial charge >= 0.3 is 5.97 Å². The summed E-state index contributed by atoms with van der Waals surface area (Å²) in [5.74, 6) is -0.195. The van der Waals surface area contributed by atoms with E-state index in [1.807, 2.05) is 38.1 Å². The van der Waals surface area contributed by atoms with Gasteiger partial charge < -0.3 is 19.5 Å². The van der Waals surface area contributed by atoms with Gasteiger partial charge in [-0.1, -0.05) is 42.5 Å². The molecule has 6 heteroatoms. The first-order valence-corrected chi connectivity index (χ1v) is 9.79. The van der Waals surface area contributed by atoms with Crippen LogP contribution in [0.1, 0.15) is 33.2 Å². The van der Waals surface area contributed by atoms with Crippen LogP contribution in [-0.4, -0.2) is 26.1 Å². The van der Waals surface area contributed by atoms with Crippen LogP contribution < -0.4 is 14.8 Å². The molecule has 0 aliphatic heterocycles. The van der Waals surface area contributed by atoms with E-state index in [9.17, 15) is 9.59 Å². The van der Waals surface area contributed by atoms with E-state index in [-0.39, 0.29) is 5.56 Å². The van der Waals surface area contributed by atoms with Crippen molar-refractivity contribution in [3.63, 3.8) is 0 Å². The lowest BCUT2D eigenvalue weighted by Gasteiger charge is -2.19. The van der Waals surface area contributed by atoms with Crippen molar-refractivity contribution in [3.05, 3.63) is 89.0 Å². The van der Waals surface area contributed by atoms with Crippen molar-refractivity contribution in [1.29, 1.82) is 0 Å². The molecule has 31 heavy (non-hydrogen) atoms. The number of benzene rings is 3. The third-order valence-electron chi connectivity index (χ3n) is 4.84. The minimum atomic E-state index is -1.12. The Kier molecular flexibility index (Phi) is 6.92. The van der Waals surface area contributed by atoms with E-state index in [4.69, 9.17) is 14.2 Å². The Balaban J connectivity index is 1.88. The molecule has 3 rings (SSSR count). The Bertz CT molecular complexity index is 1080. The van der Waals surface area contributed by atoms with E-state index in [1.165, 1.54) is 20.3 Å². The molecule has 1 N–H and O–H groups in total. The number of anilines is 1. The van der Waals surface area contributed by atoms with Gasteiger partial charge in [-0.3, -0.25) is 4.79 Å². The van der Waals surface area contributed by atoms with Crippen LogP contribution in [0.25, 0.3) is 0 Å². The first kappa shape index (κ1) is 21.9. The maximum atomic E-state index is 13.1. The summed E-state index contributed by atoms with van der Waals surface area (Å²) in [7, 11) is 3.00. The van der Waals surface area contributed by atoms with E-state index in [0.717, 1.165) is 11.1 Å². The first-order valence-electron chi connectivity index (χ1n) is 9.79. The van der Waals surface area contributed by atoms with Crippen molar-refractivity contribution in [1.82, 2.24) is 0 Å². The van der Waals surface area contributed by atoms with E-state index in [1.54, 1.807) is 36.4 Å². The van der Waals surface area contributed by atoms with Gasteiger partial charge in [0.25, 0.3) is 5.91 Å². The highest BCUT2D eigenvalue weighted by molar-refractivity contribution is 5.98. The van der Waals surface area contributed by atoms with Crippen LogP contribution in [0.2, 0.25) is 0 Å². The number of nitrogens with one attached hydrogen (secondary N) is 1. The molecule has 0 saturated heterocycles. The number of methoxy groups -OCH3 is 2. The number of hydrogen-bond acceptors (Lipinski definition) is 5. The van der Waals surface area contributed by atoms with Gasteiger partial charge in [0.05, 0.1) is 19.8 Å². The fourth-order valence-electron chi connectivity index (χ4n) is 3.11. The summed E-state index contributed by atoms with van der Waals surface area (Å²) >= 11 is 0. The largest absolute Gasteiger partial charge is 0.493 e. The van der Waals surface area contributed by atoms with Gasteiger partial charge in [-0.25, -0.2) is 4.79 Å². The molecule has 0 spiro atoms. The molecule has 3 aromatic rings. The van der Waals surface area contributed by atoms with E-state index in [0.29, 0.717) is 22.7 Å². The smallest absolute Gasteiger partial charge is 0.339 e. The normalized spacial score (nSPS) is 11.4. The van der Waals surface area contributed by atoms with Crippen molar-refractivity contribution in [3.8, 4) is 11.5 Å². The molecular formula is C25H25NO5. The zero-order valence-corrected chi connectivity index (χ0v) is 18.0. The lowest BCUT2D eigenvalue weighted by atomic mass is 10.1. The standard InChI is InChI=1S/C25H25NO5/c1-16-10-11-17(2)20(14-16)26-24(27)23(18-8-6-5-7-9-18)31-25(28)19-12-13-21(29-3)22(15-19)30-4/h5-15,23H,1-4H3,(H,26,27)/t23-/m1/s1. The highest BCUT2D eigenvalue weighted by Crippen LogP contribution is 2.29. The molecule has 0 aliphatic carbocycles. The highest BCUT2D eigenvalue weighted by Gasteiger charge is 2.26. The Labute approximate surface area is 181 Å². The molecule has 0 aliphatic rings. The number of ether oxygens (including phenoxy) is 3. The topological polar surface area (TPSA) is 73.9 Å². The quantitative estimate of drug-likeness (QED) is 0.554. The maximum absolute atomic E-state index is 13.1. The van der Waals surface area contributed by atoms with E-state index >= 15 is 0 Å². The number of hydrogen-bond donors (Lipinski definition) is 1. The van der Waals surface area contributed by atoms with Gasteiger partial charge in [0.2, 0.25) is 6.10 Å². The van der Waals surface area contributed by atoms with Gasteiger partial charge in [-0.2, -0.15) is 0 Å². The van der Waals surface area contributed by atoms with Crippen molar-refractivity contribution in [2.24, 2.45) is 0 Å². The van der Waals surface area contributed by atoms with Crippen LogP contribution in [0, 0.1) is 13.8 Å². The van der Waals surface area contributed by atoms with Gasteiger partial charge in [0, 0.05) is 11.3 Å². The van der Waals surface area contributed by atoms with Crippen LogP contribution in [-0.2, 0) is 9.53 Å². The molecule has 0 saturated carbocycles. The van der Waals surface area contributed by atoms with E-state index in [2.05, 4.69) is 5.32 Å². The SMILES string of the molecule is COc1ccc(C(=O)O[C@@H](C(=O)Nc2cc(C)ccc2C)c2ccccc2)cc1OC. The second kappa shape index (κ2) is 9.80. The molecule has 0 radical (unpaired) electrons. The zero-order valence-electron chi connectivity index (χ0n) is 18.0. The number of rotatable bonds is 7. The van der Waals surface area contributed by atoms with Gasteiger partial charge in [-0.05, 0) is 49.2 Å². The molecule has 160 valence electrons. The average Bonchev–Trinajstić information content (AvgIpc) is 2.79. The number of carbonyl (C=O) groups excluding carboxylic acids is 2. The fourth-order valence-corrected chi connectivity index (χ4v) is 3.11. The Hall–Kier alpha value is -3.80. The number of amides is 1. The van der Waals surface area contributed by atoms with Crippen molar-refractivity contribution in [2.45, 2.75) is 20.0 Å². The van der Waals surface area contributed by atoms with Crippen molar-refractivity contribution in [2.75, 3.05) is 19.5 Å². The summed E-state index contributed by atoms with van der Waals surface area (Å²) < 4.78 is 16.1. The van der Waals surface area contributed by atoms with Crippen LogP contribution in [0.4, 0.5) is 5.69 Å². The fraction of sp³-hybridized carbons (Fsp3) is 0.200. The third kappa shape index (κ3) is 5.22. The predicted molar refractivity (Wildman–Crippen MR) is 119 cm³/mol. The Morgan fingerprint density at radius 2 is 1.55 bits per heavy atom. The summed E-state index contributed by atoms with van der Waals surface area (Å²) in [5.41, 5.74) is 3.42. The molecule has 6 nitrogen and oxygen atoms in total. The van der Waals surface area contributed by atoms with Crippen molar-refractivity contribution >= 4 is 17.6 Å². The third-order valence-corrected chi connectivity index (χ3v) is 4.84. The molecule has 0 fully saturated rings. The Morgan fingerprint density at radius 3 is 2.23 bits per heavy atom. The lowest BCUT2D eigenvalue weighted by Crippen LogP contribution is -2.26. The van der Waals surface area contributed by atoms with Crippen molar-refractivity contribution < 1.29 is 23.8 Å². The lowest BCUT2D eigenvalue weighted by molar-refractivity contribution is -0.125. The predicted octanol–water partition coefficient (Wildman–Crippen LogP) is 4.86. The van der Waals surface area contributed by atoms with E-state index < -0.39 is 18.0 Å². The summed E-state index contributed by atoms with van der Waals surface area (Å²) in [4.78, 5) is 26.0. The summed E-state index contributed by atoms with van der Waals surface area (Å²) in [6, 6.07) is 19.4. The first-order chi connectivity index (χ1) is 14.9. The second-order valence-corrected chi connectivity index (χ2v) is 7.07. The molecule has 0 bridgehead atoms. The monoisotopic (exact) mass is 419 g/mol. The molecule has 0 unspecified atom stereocenters. The second-order valence-electron chi connectivity index (χ2n) is 7.07. The number of aryl methyl sites for hydroxylation is 2. The molecule has 1 amide bonds. The zero-order chi connectivity index (χ0) is 22.4. The molecule has 1 atom stereocenters. The van der Waals surface area contributed by atoms with Gasteiger partial charge in [0.15, 0.2) is 11.5 Å². The maximum Gasteiger partial charge on any atom is 0.339 e. The summed E-state index contributed by atoms with van der Waals surface area (Å²) in [6.07, 6.45) is -1.12. The minimum absolute atomic E-state index is 0.248. The number of carbonyl (C=O) groups is 2. The molecular weight excluding hydrogens is 394 g/mol. The molecule has 3 aromatic carbocycles. The van der Waals surface area contributed by atoms with Crippen LogP contribution in [0.5, 0.6) is 11.5 Å². The molecule has 0 aromatic heterocycles.